The number of aromatic nitrogens is 2. The molecule has 24 heavy (non-hydrogen) atoms. The summed E-state index contributed by atoms with van der Waals surface area (Å²) in [6, 6.07) is 8.60. The monoisotopic (exact) mass is 327 g/mol. The molecule has 1 aromatic carbocycles. The average Bonchev–Trinajstić information content (AvgIpc) is 3.27. The number of benzene rings is 1. The van der Waals surface area contributed by atoms with Crippen molar-refractivity contribution in [3.63, 3.8) is 0 Å². The Hall–Kier alpha value is -2.47. The fourth-order valence-electron chi connectivity index (χ4n) is 3.13. The van der Waals surface area contributed by atoms with Crippen LogP contribution in [0.25, 0.3) is 11.5 Å². The quantitative estimate of drug-likeness (QED) is 0.728. The first-order valence-electron chi connectivity index (χ1n) is 8.11. The molecule has 1 saturated heterocycles. The van der Waals surface area contributed by atoms with Gasteiger partial charge in [0.2, 0.25) is 5.89 Å². The first kappa shape index (κ1) is 15.1. The molecule has 5 nitrogen and oxygen atoms in total. The molecule has 6 heteroatoms. The van der Waals surface area contributed by atoms with Crippen molar-refractivity contribution in [2.45, 2.75) is 25.3 Å². The number of rotatable bonds is 4. The zero-order valence-electron chi connectivity index (χ0n) is 13.2. The van der Waals surface area contributed by atoms with Crippen molar-refractivity contribution in [1.29, 1.82) is 0 Å². The summed E-state index contributed by atoms with van der Waals surface area (Å²) in [5, 5.41) is 8.29. The molecule has 2 aromatic heterocycles. The Kier molecular flexibility index (Phi) is 4.13. The molecule has 3 aromatic rings. The summed E-state index contributed by atoms with van der Waals surface area (Å²) in [7, 11) is 0. The van der Waals surface area contributed by atoms with Gasteiger partial charge in [-0.1, -0.05) is 12.1 Å². The third-order valence-electron chi connectivity index (χ3n) is 4.44. The number of piperidine rings is 1. The van der Waals surface area contributed by atoms with Crippen LogP contribution in [-0.2, 0) is 6.54 Å². The van der Waals surface area contributed by atoms with E-state index in [1.54, 1.807) is 30.7 Å². The molecular formula is C18H18FN3O2. The van der Waals surface area contributed by atoms with Gasteiger partial charge in [0.15, 0.2) is 0 Å². The number of hydrogen-bond donors (Lipinski definition) is 0. The molecule has 0 unspecified atom stereocenters. The van der Waals surface area contributed by atoms with Gasteiger partial charge in [0.1, 0.15) is 12.1 Å². The van der Waals surface area contributed by atoms with E-state index >= 15 is 0 Å². The topological polar surface area (TPSA) is 55.3 Å². The predicted octanol–water partition coefficient (Wildman–Crippen LogP) is 3.85. The maximum absolute atomic E-state index is 13.3. The molecule has 0 aliphatic carbocycles. The zero-order valence-corrected chi connectivity index (χ0v) is 13.2. The average molecular weight is 327 g/mol. The van der Waals surface area contributed by atoms with Gasteiger partial charge in [-0.25, -0.2) is 4.39 Å². The van der Waals surface area contributed by atoms with Crippen LogP contribution in [-0.4, -0.2) is 28.2 Å². The minimum atomic E-state index is -0.181. The van der Waals surface area contributed by atoms with E-state index in [9.17, 15) is 4.39 Å². The van der Waals surface area contributed by atoms with Crippen molar-refractivity contribution in [3.05, 3.63) is 60.1 Å². The Morgan fingerprint density at radius 2 is 2.04 bits per heavy atom. The minimum Gasteiger partial charge on any atom is -0.472 e. The number of furan rings is 1. The first-order chi connectivity index (χ1) is 11.8. The highest BCUT2D eigenvalue weighted by atomic mass is 19.1. The van der Waals surface area contributed by atoms with Crippen molar-refractivity contribution in [3.8, 4) is 11.5 Å². The van der Waals surface area contributed by atoms with Gasteiger partial charge in [0.05, 0.1) is 11.8 Å². The molecule has 3 heterocycles. The molecule has 0 saturated carbocycles. The molecule has 0 radical (unpaired) electrons. The summed E-state index contributed by atoms with van der Waals surface area (Å²) in [5.74, 6) is 1.29. The third-order valence-corrected chi connectivity index (χ3v) is 4.44. The standard InChI is InChI=1S/C18H18FN3O2/c19-16-3-1-2-13(10-16)11-22-7-4-14(5-8-22)17-20-21-18(24-17)15-6-9-23-12-15/h1-3,6,9-10,12,14H,4-5,7-8,11H2. The number of halogens is 1. The summed E-state index contributed by atoms with van der Waals surface area (Å²) in [5.41, 5.74) is 1.81. The van der Waals surface area contributed by atoms with E-state index in [4.69, 9.17) is 8.83 Å². The highest BCUT2D eigenvalue weighted by Crippen LogP contribution is 2.30. The van der Waals surface area contributed by atoms with Gasteiger partial charge in [0.25, 0.3) is 5.89 Å². The predicted molar refractivity (Wildman–Crippen MR) is 85.7 cm³/mol. The number of hydrogen-bond acceptors (Lipinski definition) is 5. The summed E-state index contributed by atoms with van der Waals surface area (Å²) < 4.78 is 24.1. The van der Waals surface area contributed by atoms with E-state index < -0.39 is 0 Å². The molecule has 1 fully saturated rings. The van der Waals surface area contributed by atoms with Crippen LogP contribution in [0.2, 0.25) is 0 Å². The molecule has 124 valence electrons. The van der Waals surface area contributed by atoms with Crippen molar-refractivity contribution >= 4 is 0 Å². The fraction of sp³-hybridized carbons (Fsp3) is 0.333. The molecule has 0 N–H and O–H groups in total. The smallest absolute Gasteiger partial charge is 0.250 e. The van der Waals surface area contributed by atoms with Crippen molar-refractivity contribution in [2.75, 3.05) is 13.1 Å². The van der Waals surface area contributed by atoms with Crippen molar-refractivity contribution < 1.29 is 13.2 Å². The van der Waals surface area contributed by atoms with Gasteiger partial charge >= 0.3 is 0 Å². The summed E-state index contributed by atoms with van der Waals surface area (Å²) in [6.07, 6.45) is 5.10. The van der Waals surface area contributed by atoms with Crippen LogP contribution in [0.5, 0.6) is 0 Å². The van der Waals surface area contributed by atoms with E-state index in [1.165, 1.54) is 6.07 Å². The Morgan fingerprint density at radius 3 is 2.79 bits per heavy atom. The molecule has 0 spiro atoms. The van der Waals surface area contributed by atoms with Crippen molar-refractivity contribution in [1.82, 2.24) is 15.1 Å². The summed E-state index contributed by atoms with van der Waals surface area (Å²) in [4.78, 5) is 2.33. The third kappa shape index (κ3) is 3.23. The molecule has 1 aliphatic heterocycles. The van der Waals surface area contributed by atoms with E-state index in [2.05, 4.69) is 15.1 Å². The second kappa shape index (κ2) is 6.57. The second-order valence-corrected chi connectivity index (χ2v) is 6.14. The van der Waals surface area contributed by atoms with Crippen molar-refractivity contribution in [2.24, 2.45) is 0 Å². The largest absolute Gasteiger partial charge is 0.472 e. The maximum atomic E-state index is 13.3. The normalized spacial score (nSPS) is 16.5. The van der Waals surface area contributed by atoms with Crippen LogP contribution in [0.3, 0.4) is 0 Å². The van der Waals surface area contributed by atoms with Gasteiger partial charge in [-0.3, -0.25) is 4.90 Å². The molecular weight excluding hydrogens is 309 g/mol. The molecule has 0 amide bonds. The molecule has 4 rings (SSSR count). The molecule has 0 bridgehead atoms. The lowest BCUT2D eigenvalue weighted by Crippen LogP contribution is -2.32. The Balaban J connectivity index is 1.36. The molecule has 0 atom stereocenters. The summed E-state index contributed by atoms with van der Waals surface area (Å²) >= 11 is 0. The fourth-order valence-corrected chi connectivity index (χ4v) is 3.13. The number of nitrogens with zero attached hydrogens (tertiary/aromatic N) is 3. The van der Waals surface area contributed by atoms with Gasteiger partial charge in [0, 0.05) is 12.5 Å². The minimum absolute atomic E-state index is 0.181. The Morgan fingerprint density at radius 1 is 1.17 bits per heavy atom. The van der Waals surface area contributed by atoms with Gasteiger partial charge in [-0.05, 0) is 49.7 Å². The highest BCUT2D eigenvalue weighted by molar-refractivity contribution is 5.49. The van der Waals surface area contributed by atoms with E-state index in [1.807, 2.05) is 6.07 Å². The van der Waals surface area contributed by atoms with Crippen LogP contribution in [0, 0.1) is 5.82 Å². The first-order valence-corrected chi connectivity index (χ1v) is 8.11. The zero-order chi connectivity index (χ0) is 16.4. The van der Waals surface area contributed by atoms with Gasteiger partial charge in [-0.15, -0.1) is 10.2 Å². The van der Waals surface area contributed by atoms with Gasteiger partial charge < -0.3 is 8.83 Å². The van der Waals surface area contributed by atoms with Gasteiger partial charge in [-0.2, -0.15) is 0 Å². The lowest BCUT2D eigenvalue weighted by atomic mass is 9.96. The summed E-state index contributed by atoms with van der Waals surface area (Å²) in [6.45, 7) is 2.64. The maximum Gasteiger partial charge on any atom is 0.250 e. The van der Waals surface area contributed by atoms with E-state index in [0.717, 1.165) is 43.6 Å². The molecule has 1 aliphatic rings. The van der Waals surface area contributed by atoms with E-state index in [0.29, 0.717) is 11.8 Å². The SMILES string of the molecule is Fc1cccc(CN2CCC(c3nnc(-c4ccoc4)o3)CC2)c1. The van der Waals surface area contributed by atoms with Crippen LogP contribution in [0.4, 0.5) is 4.39 Å². The lowest BCUT2D eigenvalue weighted by Gasteiger charge is -2.30. The Bertz CT molecular complexity index is 792. The van der Waals surface area contributed by atoms with Crippen LogP contribution in [0.1, 0.15) is 30.2 Å². The number of likely N-dealkylation sites (tertiary alicyclic amines) is 1. The van der Waals surface area contributed by atoms with E-state index in [-0.39, 0.29) is 11.7 Å². The second-order valence-electron chi connectivity index (χ2n) is 6.14. The Labute approximate surface area is 139 Å². The van der Waals surface area contributed by atoms with Crippen LogP contribution >= 0.6 is 0 Å². The lowest BCUT2D eigenvalue weighted by molar-refractivity contribution is 0.193. The highest BCUT2D eigenvalue weighted by Gasteiger charge is 2.25. The van der Waals surface area contributed by atoms with Crippen LogP contribution < -0.4 is 0 Å². The van der Waals surface area contributed by atoms with Crippen LogP contribution in [0.15, 0.2) is 51.7 Å².